The van der Waals surface area contributed by atoms with E-state index in [0.717, 1.165) is 36.1 Å². The number of benzene rings is 1. The van der Waals surface area contributed by atoms with E-state index in [-0.39, 0.29) is 11.9 Å². The summed E-state index contributed by atoms with van der Waals surface area (Å²) in [5.74, 6) is 0.403. The topological polar surface area (TPSA) is 35.6 Å². The Labute approximate surface area is 142 Å². The highest BCUT2D eigenvalue weighted by molar-refractivity contribution is 8.23. The molecule has 1 aliphatic rings. The summed E-state index contributed by atoms with van der Waals surface area (Å²) in [7, 11) is 2.12. The average Bonchev–Trinajstić information content (AvgIpc) is 2.54. The highest BCUT2D eigenvalue weighted by Crippen LogP contribution is 2.14. The number of piperazine rings is 1. The molecular formula is C16H23N3OS2. The molecule has 1 fully saturated rings. The molecule has 1 aliphatic heterocycles. The number of nitrogens with zero attached hydrogens (tertiary/aromatic N) is 2. The summed E-state index contributed by atoms with van der Waals surface area (Å²) < 4.78 is 0.829. The largest absolute Gasteiger partial charge is 0.355 e. The lowest BCUT2D eigenvalue weighted by atomic mass is 10.1. The van der Waals surface area contributed by atoms with Gasteiger partial charge in [-0.05, 0) is 19.5 Å². The maximum Gasteiger partial charge on any atom is 0.230 e. The van der Waals surface area contributed by atoms with E-state index in [0.29, 0.717) is 5.75 Å². The molecule has 1 saturated heterocycles. The van der Waals surface area contributed by atoms with Gasteiger partial charge < -0.3 is 15.1 Å². The van der Waals surface area contributed by atoms with Gasteiger partial charge in [-0.3, -0.25) is 4.79 Å². The Bertz CT molecular complexity index is 501. The molecule has 0 unspecified atom stereocenters. The average molecular weight is 338 g/mol. The van der Waals surface area contributed by atoms with E-state index in [1.165, 1.54) is 11.8 Å². The standard InChI is InChI=1S/C16H23N3OS2/c1-13(14-6-4-3-5-7-14)17-15(20)12-22-16(21)19-10-8-18(2)9-11-19/h3-7,13H,8-12H2,1-2H3,(H,17,20)/t13-/m1/s1. The molecule has 0 saturated carbocycles. The molecule has 1 heterocycles. The van der Waals surface area contributed by atoms with E-state index in [2.05, 4.69) is 22.2 Å². The highest BCUT2D eigenvalue weighted by Gasteiger charge is 2.18. The van der Waals surface area contributed by atoms with E-state index in [1.54, 1.807) is 0 Å². The van der Waals surface area contributed by atoms with Crippen LogP contribution >= 0.6 is 24.0 Å². The van der Waals surface area contributed by atoms with Crippen LogP contribution in [0.15, 0.2) is 30.3 Å². The van der Waals surface area contributed by atoms with Crippen LogP contribution in [0.2, 0.25) is 0 Å². The van der Waals surface area contributed by atoms with Crippen LogP contribution in [0.4, 0.5) is 0 Å². The molecule has 22 heavy (non-hydrogen) atoms. The first-order valence-electron chi connectivity index (χ1n) is 7.51. The van der Waals surface area contributed by atoms with Gasteiger partial charge in [-0.25, -0.2) is 0 Å². The minimum absolute atomic E-state index is 0.0199. The third-order valence-electron chi connectivity index (χ3n) is 3.77. The number of nitrogens with one attached hydrogen (secondary N) is 1. The number of carbonyl (C=O) groups is 1. The molecule has 0 bridgehead atoms. The first-order valence-corrected chi connectivity index (χ1v) is 8.90. The van der Waals surface area contributed by atoms with Crippen molar-refractivity contribution in [1.29, 1.82) is 0 Å². The minimum atomic E-state index is 0.0199. The summed E-state index contributed by atoms with van der Waals surface area (Å²) in [4.78, 5) is 16.5. The predicted octanol–water partition coefficient (Wildman–Crippen LogP) is 2.13. The first kappa shape index (κ1) is 17.2. The Hall–Kier alpha value is -1.11. The second-order valence-electron chi connectivity index (χ2n) is 5.54. The number of thioether (sulfide) groups is 1. The van der Waals surface area contributed by atoms with Gasteiger partial charge in [0.05, 0.1) is 11.8 Å². The fourth-order valence-electron chi connectivity index (χ4n) is 2.32. The fraction of sp³-hybridized carbons (Fsp3) is 0.500. The van der Waals surface area contributed by atoms with Crippen LogP contribution in [0, 0.1) is 0 Å². The zero-order chi connectivity index (χ0) is 15.9. The van der Waals surface area contributed by atoms with Crippen molar-refractivity contribution in [1.82, 2.24) is 15.1 Å². The molecule has 0 aromatic heterocycles. The first-order chi connectivity index (χ1) is 10.6. The molecule has 1 N–H and O–H groups in total. The smallest absolute Gasteiger partial charge is 0.230 e. The molecule has 0 spiro atoms. The number of rotatable bonds is 4. The van der Waals surface area contributed by atoms with Gasteiger partial charge in [-0.2, -0.15) is 0 Å². The van der Waals surface area contributed by atoms with Gasteiger partial charge in [0.1, 0.15) is 4.32 Å². The van der Waals surface area contributed by atoms with Gasteiger partial charge in [-0.15, -0.1) is 0 Å². The summed E-state index contributed by atoms with van der Waals surface area (Å²) in [5, 5.41) is 3.02. The van der Waals surface area contributed by atoms with Crippen molar-refractivity contribution in [2.45, 2.75) is 13.0 Å². The van der Waals surface area contributed by atoms with Crippen LogP contribution in [-0.2, 0) is 4.79 Å². The van der Waals surface area contributed by atoms with Crippen LogP contribution in [0.5, 0.6) is 0 Å². The molecule has 2 rings (SSSR count). The van der Waals surface area contributed by atoms with Gasteiger partial charge in [0.25, 0.3) is 0 Å². The zero-order valence-electron chi connectivity index (χ0n) is 13.1. The second kappa shape index (κ2) is 8.50. The van der Waals surface area contributed by atoms with Gasteiger partial charge in [0, 0.05) is 26.2 Å². The zero-order valence-corrected chi connectivity index (χ0v) is 14.8. The number of amides is 1. The van der Waals surface area contributed by atoms with Gasteiger partial charge in [0.15, 0.2) is 0 Å². The number of thiocarbonyl (C=S) groups is 1. The van der Waals surface area contributed by atoms with Crippen LogP contribution in [0.25, 0.3) is 0 Å². The van der Waals surface area contributed by atoms with Gasteiger partial charge in [-0.1, -0.05) is 54.3 Å². The molecule has 4 nitrogen and oxygen atoms in total. The SMILES string of the molecule is C[C@@H](NC(=O)CSC(=S)N1CCN(C)CC1)c1ccccc1. The van der Waals surface area contributed by atoms with Crippen molar-refractivity contribution in [2.24, 2.45) is 0 Å². The minimum Gasteiger partial charge on any atom is -0.355 e. The van der Waals surface area contributed by atoms with Crippen LogP contribution in [0.1, 0.15) is 18.5 Å². The lowest BCUT2D eigenvalue weighted by Crippen LogP contribution is -2.46. The molecule has 0 radical (unpaired) electrons. The van der Waals surface area contributed by atoms with Crippen LogP contribution in [-0.4, -0.2) is 59.0 Å². The Morgan fingerprint density at radius 3 is 2.55 bits per heavy atom. The van der Waals surface area contributed by atoms with E-state index >= 15 is 0 Å². The normalized spacial score (nSPS) is 17.1. The second-order valence-corrected chi connectivity index (χ2v) is 7.15. The van der Waals surface area contributed by atoms with E-state index in [1.807, 2.05) is 37.3 Å². The number of carbonyl (C=O) groups excluding carboxylic acids is 1. The molecule has 1 amide bonds. The van der Waals surface area contributed by atoms with Crippen molar-refractivity contribution >= 4 is 34.2 Å². The highest BCUT2D eigenvalue weighted by atomic mass is 32.2. The summed E-state index contributed by atoms with van der Waals surface area (Å²) in [6.45, 7) is 5.95. The number of likely N-dealkylation sites (N-methyl/N-ethyl adjacent to an activating group) is 1. The Morgan fingerprint density at radius 2 is 1.91 bits per heavy atom. The molecule has 6 heteroatoms. The molecular weight excluding hydrogens is 314 g/mol. The summed E-state index contributed by atoms with van der Waals surface area (Å²) in [6.07, 6.45) is 0. The molecule has 1 atom stereocenters. The lowest BCUT2D eigenvalue weighted by Gasteiger charge is -2.33. The van der Waals surface area contributed by atoms with Crippen molar-refractivity contribution < 1.29 is 4.79 Å². The summed E-state index contributed by atoms with van der Waals surface area (Å²) in [6, 6.07) is 10.00. The quantitative estimate of drug-likeness (QED) is 0.852. The van der Waals surface area contributed by atoms with Gasteiger partial charge in [0.2, 0.25) is 5.91 Å². The maximum atomic E-state index is 12.0. The molecule has 0 aliphatic carbocycles. The molecule has 1 aromatic carbocycles. The van der Waals surface area contributed by atoms with Crippen molar-refractivity contribution in [2.75, 3.05) is 39.0 Å². The monoisotopic (exact) mass is 337 g/mol. The van der Waals surface area contributed by atoms with Crippen LogP contribution < -0.4 is 5.32 Å². The van der Waals surface area contributed by atoms with Crippen molar-refractivity contribution in [3.63, 3.8) is 0 Å². The number of hydrogen-bond donors (Lipinski definition) is 1. The Kier molecular flexibility index (Phi) is 6.67. The van der Waals surface area contributed by atoms with E-state index in [9.17, 15) is 4.79 Å². The molecule has 1 aromatic rings. The van der Waals surface area contributed by atoms with E-state index in [4.69, 9.17) is 12.2 Å². The Morgan fingerprint density at radius 1 is 1.27 bits per heavy atom. The fourth-order valence-corrected chi connectivity index (χ4v) is 3.38. The number of hydrogen-bond acceptors (Lipinski definition) is 4. The van der Waals surface area contributed by atoms with E-state index < -0.39 is 0 Å². The van der Waals surface area contributed by atoms with Crippen molar-refractivity contribution in [3.8, 4) is 0 Å². The van der Waals surface area contributed by atoms with Crippen LogP contribution in [0.3, 0.4) is 0 Å². The summed E-state index contributed by atoms with van der Waals surface area (Å²) in [5.41, 5.74) is 1.11. The Balaban J connectivity index is 1.72. The maximum absolute atomic E-state index is 12.0. The van der Waals surface area contributed by atoms with Crippen molar-refractivity contribution in [3.05, 3.63) is 35.9 Å². The lowest BCUT2D eigenvalue weighted by molar-refractivity contribution is -0.119. The third-order valence-corrected chi connectivity index (χ3v) is 5.29. The van der Waals surface area contributed by atoms with Gasteiger partial charge >= 0.3 is 0 Å². The predicted molar refractivity (Wildman–Crippen MR) is 97.1 cm³/mol. The third kappa shape index (κ3) is 5.26. The molecule has 120 valence electrons. The summed E-state index contributed by atoms with van der Waals surface area (Å²) >= 11 is 6.88.